The first-order valence-electron chi connectivity index (χ1n) is 6.44. The van der Waals surface area contributed by atoms with Crippen LogP contribution in [0.4, 0.5) is 4.79 Å². The van der Waals surface area contributed by atoms with Crippen molar-refractivity contribution in [2.45, 2.75) is 58.6 Å². The molecule has 0 aromatic heterocycles. The molecule has 0 radical (unpaired) electrons. The average molecular weight is 269 g/mol. The molecule has 19 heavy (non-hydrogen) atoms. The smallest absolute Gasteiger partial charge is 0.408 e. The Morgan fingerprint density at radius 1 is 1.37 bits per heavy atom. The zero-order valence-corrected chi connectivity index (χ0v) is 12.1. The molecular formula is C13H23N3O3. The van der Waals surface area contributed by atoms with Crippen molar-refractivity contribution >= 4 is 12.0 Å². The van der Waals surface area contributed by atoms with E-state index >= 15 is 0 Å². The number of unbranched alkanes of at least 4 members (excludes halogenated alkanes) is 1. The SMILES string of the molecule is CCCCNC(=O)[C@H](CC#N)NC(=O)OC(C)(C)C. The summed E-state index contributed by atoms with van der Waals surface area (Å²) in [6.07, 6.45) is 1.04. The van der Waals surface area contributed by atoms with Gasteiger partial charge in [-0.25, -0.2) is 4.79 Å². The van der Waals surface area contributed by atoms with Crippen molar-refractivity contribution in [3.05, 3.63) is 0 Å². The predicted octanol–water partition coefficient (Wildman–Crippen LogP) is 1.71. The number of nitrogens with zero attached hydrogens (tertiary/aromatic N) is 1. The van der Waals surface area contributed by atoms with E-state index in [0.717, 1.165) is 12.8 Å². The van der Waals surface area contributed by atoms with Gasteiger partial charge >= 0.3 is 6.09 Å². The number of rotatable bonds is 6. The summed E-state index contributed by atoms with van der Waals surface area (Å²) in [7, 11) is 0. The topological polar surface area (TPSA) is 91.2 Å². The van der Waals surface area contributed by atoms with Crippen LogP contribution in [0, 0.1) is 11.3 Å². The fourth-order valence-corrected chi connectivity index (χ4v) is 1.26. The molecule has 0 heterocycles. The van der Waals surface area contributed by atoms with Gasteiger partial charge in [0.1, 0.15) is 11.6 Å². The van der Waals surface area contributed by atoms with Gasteiger partial charge in [-0.1, -0.05) is 13.3 Å². The molecule has 0 aliphatic rings. The molecule has 0 aliphatic heterocycles. The molecule has 0 saturated carbocycles. The standard InChI is InChI=1S/C13H23N3O3/c1-5-6-9-15-11(17)10(7-8-14)16-12(18)19-13(2,3)4/h10H,5-7,9H2,1-4H3,(H,15,17)(H,16,18)/t10-/m0/s1. The first-order chi connectivity index (χ1) is 8.80. The Hall–Kier alpha value is -1.77. The Kier molecular flexibility index (Phi) is 7.57. The molecule has 0 bridgehead atoms. The third kappa shape index (κ3) is 8.89. The summed E-state index contributed by atoms with van der Waals surface area (Å²) in [6, 6.07) is 0.998. The van der Waals surface area contributed by atoms with Crippen LogP contribution in [0.25, 0.3) is 0 Å². The zero-order valence-electron chi connectivity index (χ0n) is 12.1. The third-order valence-corrected chi connectivity index (χ3v) is 2.13. The lowest BCUT2D eigenvalue weighted by Gasteiger charge is -2.22. The van der Waals surface area contributed by atoms with E-state index in [0.29, 0.717) is 6.54 Å². The number of carbonyl (C=O) groups is 2. The molecule has 0 spiro atoms. The monoisotopic (exact) mass is 269 g/mol. The van der Waals surface area contributed by atoms with Gasteiger partial charge in [0, 0.05) is 6.54 Å². The van der Waals surface area contributed by atoms with E-state index in [9.17, 15) is 9.59 Å². The van der Waals surface area contributed by atoms with Crippen molar-refractivity contribution in [3.8, 4) is 6.07 Å². The Labute approximate surface area is 114 Å². The van der Waals surface area contributed by atoms with Gasteiger partial charge in [-0.15, -0.1) is 0 Å². The maximum Gasteiger partial charge on any atom is 0.408 e. The van der Waals surface area contributed by atoms with E-state index in [2.05, 4.69) is 10.6 Å². The minimum atomic E-state index is -0.878. The molecule has 0 aromatic rings. The Morgan fingerprint density at radius 3 is 2.47 bits per heavy atom. The second kappa shape index (κ2) is 8.35. The largest absolute Gasteiger partial charge is 0.444 e. The fourth-order valence-electron chi connectivity index (χ4n) is 1.26. The van der Waals surface area contributed by atoms with E-state index in [1.165, 1.54) is 0 Å². The summed E-state index contributed by atoms with van der Waals surface area (Å²) in [4.78, 5) is 23.3. The lowest BCUT2D eigenvalue weighted by Crippen LogP contribution is -2.48. The minimum absolute atomic E-state index is 0.0861. The minimum Gasteiger partial charge on any atom is -0.444 e. The highest BCUT2D eigenvalue weighted by Gasteiger charge is 2.23. The van der Waals surface area contributed by atoms with Gasteiger partial charge in [-0.2, -0.15) is 5.26 Å². The number of alkyl carbamates (subject to hydrolysis) is 1. The lowest BCUT2D eigenvalue weighted by atomic mass is 10.2. The molecule has 6 heteroatoms. The molecular weight excluding hydrogens is 246 g/mol. The normalized spacial score (nSPS) is 12.2. The van der Waals surface area contributed by atoms with Crippen LogP contribution in [-0.2, 0) is 9.53 Å². The molecule has 6 nitrogen and oxygen atoms in total. The number of nitrogens with one attached hydrogen (secondary N) is 2. The van der Waals surface area contributed by atoms with E-state index in [4.69, 9.17) is 10.00 Å². The Balaban J connectivity index is 4.36. The first-order valence-corrected chi connectivity index (χ1v) is 6.44. The molecule has 1 atom stereocenters. The zero-order chi connectivity index (χ0) is 14.9. The van der Waals surface area contributed by atoms with Gasteiger partial charge in [0.25, 0.3) is 0 Å². The second-order valence-electron chi connectivity index (χ2n) is 5.21. The molecule has 0 rings (SSSR count). The van der Waals surface area contributed by atoms with Crippen molar-refractivity contribution < 1.29 is 14.3 Å². The van der Waals surface area contributed by atoms with E-state index in [-0.39, 0.29) is 12.3 Å². The highest BCUT2D eigenvalue weighted by Crippen LogP contribution is 2.07. The molecule has 0 aromatic carbocycles. The fraction of sp³-hybridized carbons (Fsp3) is 0.769. The summed E-state index contributed by atoms with van der Waals surface area (Å²) in [5.74, 6) is -0.360. The number of carbonyl (C=O) groups excluding carboxylic acids is 2. The highest BCUT2D eigenvalue weighted by atomic mass is 16.6. The van der Waals surface area contributed by atoms with Crippen molar-refractivity contribution in [1.29, 1.82) is 5.26 Å². The van der Waals surface area contributed by atoms with E-state index < -0.39 is 17.7 Å². The maximum absolute atomic E-state index is 11.8. The van der Waals surface area contributed by atoms with Gasteiger partial charge in [-0.05, 0) is 27.2 Å². The Bertz CT molecular complexity index is 342. The van der Waals surface area contributed by atoms with Crippen LogP contribution in [0.15, 0.2) is 0 Å². The van der Waals surface area contributed by atoms with Gasteiger partial charge in [0.05, 0.1) is 12.5 Å². The first kappa shape index (κ1) is 17.2. The van der Waals surface area contributed by atoms with Crippen LogP contribution in [-0.4, -0.2) is 30.2 Å². The van der Waals surface area contributed by atoms with Crippen LogP contribution in [0.5, 0.6) is 0 Å². The van der Waals surface area contributed by atoms with Gasteiger partial charge in [-0.3, -0.25) is 4.79 Å². The highest BCUT2D eigenvalue weighted by molar-refractivity contribution is 5.85. The van der Waals surface area contributed by atoms with Crippen molar-refractivity contribution in [2.24, 2.45) is 0 Å². The molecule has 0 fully saturated rings. The lowest BCUT2D eigenvalue weighted by molar-refractivity contribution is -0.123. The van der Waals surface area contributed by atoms with Crippen molar-refractivity contribution in [3.63, 3.8) is 0 Å². The number of ether oxygens (including phenoxy) is 1. The predicted molar refractivity (Wildman–Crippen MR) is 71.3 cm³/mol. The maximum atomic E-state index is 11.8. The molecule has 108 valence electrons. The summed E-state index contributed by atoms with van der Waals surface area (Å²) in [5, 5.41) is 13.8. The van der Waals surface area contributed by atoms with Gasteiger partial charge < -0.3 is 15.4 Å². The summed E-state index contributed by atoms with van der Waals surface area (Å²) in [6.45, 7) is 7.73. The number of amides is 2. The van der Waals surface area contributed by atoms with Crippen LogP contribution in [0.1, 0.15) is 47.0 Å². The molecule has 0 unspecified atom stereocenters. The molecule has 0 saturated heterocycles. The summed E-state index contributed by atoms with van der Waals surface area (Å²) >= 11 is 0. The third-order valence-electron chi connectivity index (χ3n) is 2.13. The average Bonchev–Trinajstić information content (AvgIpc) is 2.26. The van der Waals surface area contributed by atoms with Crippen LogP contribution >= 0.6 is 0 Å². The van der Waals surface area contributed by atoms with Crippen LogP contribution in [0.2, 0.25) is 0 Å². The van der Waals surface area contributed by atoms with E-state index in [1.807, 2.05) is 13.0 Å². The van der Waals surface area contributed by atoms with Crippen molar-refractivity contribution in [2.75, 3.05) is 6.54 Å². The second-order valence-corrected chi connectivity index (χ2v) is 5.21. The Morgan fingerprint density at radius 2 is 2.00 bits per heavy atom. The number of hydrogen-bond acceptors (Lipinski definition) is 4. The van der Waals surface area contributed by atoms with Crippen LogP contribution in [0.3, 0.4) is 0 Å². The molecule has 2 amide bonds. The summed E-state index contributed by atoms with van der Waals surface area (Å²) in [5.41, 5.74) is -0.639. The van der Waals surface area contributed by atoms with Crippen LogP contribution < -0.4 is 10.6 Å². The van der Waals surface area contributed by atoms with E-state index in [1.54, 1.807) is 20.8 Å². The van der Waals surface area contributed by atoms with Gasteiger partial charge in [0.2, 0.25) is 5.91 Å². The van der Waals surface area contributed by atoms with Crippen molar-refractivity contribution in [1.82, 2.24) is 10.6 Å². The van der Waals surface area contributed by atoms with Gasteiger partial charge in [0.15, 0.2) is 0 Å². The summed E-state index contributed by atoms with van der Waals surface area (Å²) < 4.78 is 5.05. The quantitative estimate of drug-likeness (QED) is 0.718. The number of nitriles is 1. The number of hydrogen-bond donors (Lipinski definition) is 2. The molecule has 2 N–H and O–H groups in total. The molecule has 0 aliphatic carbocycles.